The summed E-state index contributed by atoms with van der Waals surface area (Å²) in [6.45, 7) is 0.560. The molecule has 4 nitrogen and oxygen atoms in total. The van der Waals surface area contributed by atoms with E-state index in [4.69, 9.17) is 10.5 Å². The second kappa shape index (κ2) is 4.85. The van der Waals surface area contributed by atoms with Gasteiger partial charge in [-0.05, 0) is 6.42 Å². The molecule has 2 fully saturated rings. The summed E-state index contributed by atoms with van der Waals surface area (Å²) in [5.41, 5.74) is 7.34. The van der Waals surface area contributed by atoms with Crippen LogP contribution in [0, 0.1) is 0 Å². The van der Waals surface area contributed by atoms with Crippen LogP contribution in [0.2, 0.25) is 0 Å². The van der Waals surface area contributed by atoms with Crippen LogP contribution in [0.25, 0.3) is 0 Å². The highest BCUT2D eigenvalue weighted by atomic mass is 16.6. The van der Waals surface area contributed by atoms with E-state index < -0.39 is 5.60 Å². The van der Waals surface area contributed by atoms with Gasteiger partial charge in [-0.15, -0.1) is 0 Å². The molecule has 2 atom stereocenters. The summed E-state index contributed by atoms with van der Waals surface area (Å²) >= 11 is 0. The predicted octanol–water partition coefficient (Wildman–Crippen LogP) is 2.48. The lowest BCUT2D eigenvalue weighted by atomic mass is 9.79. The fourth-order valence-electron chi connectivity index (χ4n) is 3.76. The maximum absolute atomic E-state index is 12.4. The Morgan fingerprint density at radius 2 is 1.55 bits per heavy atom. The number of fused-ring (bicyclic) bond motifs is 1. The van der Waals surface area contributed by atoms with Gasteiger partial charge in [-0.3, -0.25) is 4.90 Å². The maximum Gasteiger partial charge on any atom is 0.411 e. The first-order valence-electron chi connectivity index (χ1n) is 7.58. The number of ether oxygens (including phenoxy) is 1. The van der Waals surface area contributed by atoms with Crippen LogP contribution in [-0.4, -0.2) is 29.6 Å². The lowest BCUT2D eigenvalue weighted by molar-refractivity contribution is 0.0662. The fraction of sp³-hybridized carbons (Fsp3) is 0.278. The van der Waals surface area contributed by atoms with E-state index in [2.05, 4.69) is 0 Å². The molecule has 2 aromatic carbocycles. The van der Waals surface area contributed by atoms with Gasteiger partial charge in [-0.2, -0.15) is 0 Å². The molecular weight excluding hydrogens is 276 g/mol. The molecule has 0 spiro atoms. The second-order valence-corrected chi connectivity index (χ2v) is 6.00. The average molecular weight is 294 g/mol. The topological polar surface area (TPSA) is 55.6 Å². The van der Waals surface area contributed by atoms with Crippen LogP contribution in [-0.2, 0) is 10.3 Å². The molecule has 0 aliphatic carbocycles. The lowest BCUT2D eigenvalue weighted by Crippen LogP contribution is -2.41. The molecule has 2 aliphatic rings. The van der Waals surface area contributed by atoms with Crippen LogP contribution in [0.4, 0.5) is 4.79 Å². The normalized spacial score (nSPS) is 25.9. The van der Waals surface area contributed by atoms with Crippen molar-refractivity contribution in [3.8, 4) is 0 Å². The van der Waals surface area contributed by atoms with E-state index >= 15 is 0 Å². The molecule has 112 valence electrons. The van der Waals surface area contributed by atoms with E-state index in [-0.39, 0.29) is 18.2 Å². The Morgan fingerprint density at radius 3 is 2.09 bits per heavy atom. The number of hydrogen-bond donors (Lipinski definition) is 1. The Morgan fingerprint density at radius 1 is 1.00 bits per heavy atom. The van der Waals surface area contributed by atoms with Gasteiger partial charge in [0.25, 0.3) is 0 Å². The van der Waals surface area contributed by atoms with Gasteiger partial charge in [0.15, 0.2) is 5.60 Å². The Labute approximate surface area is 129 Å². The smallest absolute Gasteiger partial charge is 0.411 e. The van der Waals surface area contributed by atoms with Crippen LogP contribution < -0.4 is 5.73 Å². The van der Waals surface area contributed by atoms with Crippen molar-refractivity contribution in [1.82, 2.24) is 4.90 Å². The minimum absolute atomic E-state index is 0.00431. The molecular formula is C18H18N2O2. The van der Waals surface area contributed by atoms with Crippen molar-refractivity contribution in [3.05, 3.63) is 71.8 Å². The number of carbonyl (C=O) groups excluding carboxylic acids is 1. The van der Waals surface area contributed by atoms with E-state index in [1.165, 1.54) is 0 Å². The lowest BCUT2D eigenvalue weighted by Gasteiger charge is -2.33. The van der Waals surface area contributed by atoms with Crippen LogP contribution in [0.1, 0.15) is 17.5 Å². The van der Waals surface area contributed by atoms with Gasteiger partial charge in [0, 0.05) is 23.7 Å². The number of benzene rings is 2. The minimum Gasteiger partial charge on any atom is -0.431 e. The fourth-order valence-corrected chi connectivity index (χ4v) is 3.76. The zero-order chi connectivity index (χ0) is 15.2. The molecule has 2 aromatic rings. The SMILES string of the molecule is N[C@H]1C[C@H]2N(C1)C(=O)OC2(c1ccccc1)c1ccccc1. The van der Waals surface area contributed by atoms with Gasteiger partial charge >= 0.3 is 6.09 Å². The predicted molar refractivity (Wildman–Crippen MR) is 83.2 cm³/mol. The summed E-state index contributed by atoms with van der Waals surface area (Å²) in [5, 5.41) is 0. The summed E-state index contributed by atoms with van der Waals surface area (Å²) in [7, 11) is 0. The highest BCUT2D eigenvalue weighted by molar-refractivity contribution is 5.74. The molecule has 0 radical (unpaired) electrons. The third kappa shape index (κ3) is 1.77. The number of carbonyl (C=O) groups is 1. The third-order valence-electron chi connectivity index (χ3n) is 4.69. The first kappa shape index (κ1) is 13.3. The Bertz CT molecular complexity index is 647. The largest absolute Gasteiger partial charge is 0.431 e. The van der Waals surface area contributed by atoms with Gasteiger partial charge in [-0.25, -0.2) is 4.79 Å². The van der Waals surface area contributed by atoms with E-state index in [0.717, 1.165) is 17.5 Å². The first-order valence-corrected chi connectivity index (χ1v) is 7.58. The molecule has 4 rings (SSSR count). The highest BCUT2D eigenvalue weighted by Gasteiger charge is 2.59. The van der Waals surface area contributed by atoms with Gasteiger partial charge in [0.2, 0.25) is 0 Å². The molecule has 0 aromatic heterocycles. The van der Waals surface area contributed by atoms with E-state index in [1.807, 2.05) is 60.7 Å². The number of hydrogen-bond acceptors (Lipinski definition) is 3. The molecule has 2 N–H and O–H groups in total. The van der Waals surface area contributed by atoms with Gasteiger partial charge in [0.05, 0.1) is 6.04 Å². The summed E-state index contributed by atoms with van der Waals surface area (Å²) in [6.07, 6.45) is 0.473. The highest BCUT2D eigenvalue weighted by Crippen LogP contribution is 2.48. The van der Waals surface area contributed by atoms with E-state index in [1.54, 1.807) is 4.90 Å². The summed E-state index contributed by atoms with van der Waals surface area (Å²) in [6, 6.07) is 19.9. The van der Waals surface area contributed by atoms with Crippen LogP contribution in [0.5, 0.6) is 0 Å². The standard InChI is InChI=1S/C18H18N2O2/c19-15-11-16-18(13-7-3-1-4-8-13,14-9-5-2-6-10-14)22-17(21)20(16)12-15/h1-10,15-16H,11-12,19H2/t15-,16+/m0/s1. The first-order chi connectivity index (χ1) is 10.7. The van der Waals surface area contributed by atoms with Crippen molar-refractivity contribution < 1.29 is 9.53 Å². The Kier molecular flexibility index (Phi) is 2.94. The van der Waals surface area contributed by atoms with Crippen molar-refractivity contribution in [2.24, 2.45) is 5.73 Å². The van der Waals surface area contributed by atoms with Gasteiger partial charge in [0.1, 0.15) is 0 Å². The number of rotatable bonds is 2. The van der Waals surface area contributed by atoms with E-state index in [9.17, 15) is 4.79 Å². The Hall–Kier alpha value is -2.33. The molecule has 2 aliphatic heterocycles. The number of nitrogens with zero attached hydrogens (tertiary/aromatic N) is 1. The monoisotopic (exact) mass is 294 g/mol. The molecule has 2 saturated heterocycles. The zero-order valence-electron chi connectivity index (χ0n) is 12.2. The van der Waals surface area contributed by atoms with Crippen molar-refractivity contribution in [1.29, 1.82) is 0 Å². The van der Waals surface area contributed by atoms with Crippen molar-refractivity contribution >= 4 is 6.09 Å². The van der Waals surface area contributed by atoms with Gasteiger partial charge < -0.3 is 10.5 Å². The average Bonchev–Trinajstić information content (AvgIpc) is 3.07. The molecule has 0 saturated carbocycles. The third-order valence-corrected chi connectivity index (χ3v) is 4.69. The maximum atomic E-state index is 12.4. The van der Waals surface area contributed by atoms with Crippen molar-refractivity contribution in [2.75, 3.05) is 6.54 Å². The van der Waals surface area contributed by atoms with Crippen molar-refractivity contribution in [2.45, 2.75) is 24.1 Å². The molecule has 1 amide bonds. The van der Waals surface area contributed by atoms with Gasteiger partial charge in [-0.1, -0.05) is 60.7 Å². The summed E-state index contributed by atoms with van der Waals surface area (Å²) < 4.78 is 5.97. The number of cyclic esters (lactones) is 1. The molecule has 0 bridgehead atoms. The molecule has 2 heterocycles. The quantitative estimate of drug-likeness (QED) is 0.925. The molecule has 4 heteroatoms. The van der Waals surface area contributed by atoms with Crippen LogP contribution in [0.3, 0.4) is 0 Å². The minimum atomic E-state index is -0.770. The van der Waals surface area contributed by atoms with Crippen LogP contribution in [0.15, 0.2) is 60.7 Å². The number of nitrogens with two attached hydrogens (primary N) is 1. The van der Waals surface area contributed by atoms with Crippen LogP contribution >= 0.6 is 0 Å². The molecule has 0 unspecified atom stereocenters. The second-order valence-electron chi connectivity index (χ2n) is 6.00. The number of amides is 1. The van der Waals surface area contributed by atoms with Crippen molar-refractivity contribution in [3.63, 3.8) is 0 Å². The Balaban J connectivity index is 1.93. The summed E-state index contributed by atoms with van der Waals surface area (Å²) in [4.78, 5) is 14.2. The van der Waals surface area contributed by atoms with E-state index in [0.29, 0.717) is 6.54 Å². The zero-order valence-corrected chi connectivity index (χ0v) is 12.2. The summed E-state index contributed by atoms with van der Waals surface area (Å²) in [5.74, 6) is 0. The molecule has 22 heavy (non-hydrogen) atoms.